The second-order valence-electron chi connectivity index (χ2n) is 33.9. The summed E-state index contributed by atoms with van der Waals surface area (Å²) in [4.78, 5) is 52.6. The lowest BCUT2D eigenvalue weighted by Gasteiger charge is -2.36. The lowest BCUT2D eigenvalue weighted by molar-refractivity contribution is -0.145. The number of nitrogens with one attached hydrogen (secondary N) is 4. The highest BCUT2D eigenvalue weighted by Crippen LogP contribution is 2.69. The molecule has 4 N–H and O–H groups in total. The van der Waals surface area contributed by atoms with Gasteiger partial charge in [0.1, 0.15) is 23.1 Å². The van der Waals surface area contributed by atoms with E-state index < -0.39 is 293 Å². The minimum Gasteiger partial charge on any atom is -0.299 e. The fourth-order valence-corrected chi connectivity index (χ4v) is 27.6. The van der Waals surface area contributed by atoms with E-state index in [4.69, 9.17) is 0 Å². The van der Waals surface area contributed by atoms with Crippen molar-refractivity contribution in [2.75, 3.05) is 41.9 Å². The van der Waals surface area contributed by atoms with Gasteiger partial charge in [-0.2, -0.15) is 105 Å². The predicted molar refractivity (Wildman–Crippen MR) is 368 cm³/mol. The largest absolute Gasteiger partial charge is 0.417 e. The summed E-state index contributed by atoms with van der Waals surface area (Å²) in [5.41, 5.74) is -46.5. The Labute approximate surface area is 647 Å². The second-order valence-corrected chi connectivity index (χ2v) is 40.8. The molecule has 8 aliphatic rings. The minimum atomic E-state index is -6.11. The number of rotatable bonds is 18. The van der Waals surface area contributed by atoms with Crippen molar-refractivity contribution >= 4 is 86.0 Å². The van der Waals surface area contributed by atoms with Crippen LogP contribution in [0.4, 0.5) is 128 Å². The van der Waals surface area contributed by atoms with Gasteiger partial charge in [-0.15, -0.1) is 0 Å². The van der Waals surface area contributed by atoms with Gasteiger partial charge in [-0.05, 0) is 145 Å². The van der Waals surface area contributed by atoms with E-state index in [0.717, 1.165) is 0 Å². The maximum absolute atomic E-state index is 15.0. The molecule has 0 aromatic heterocycles. The normalized spacial score (nSPS) is 27.1. The average Bonchev–Trinajstić information content (AvgIpc) is 1.52. The SMILES string of the molecule is CC1(C)[C@@H]2CC[C@@]1(CS(=O)(=O)Nc1cc(C(F)(F)F)cc(C(F)(F)F)c1-c1c(NS(=O)(=O)C[C@]34CC[C@H](CC3=O)C4(C)C)cc(C(F)(F)F)cc1C(F)(F)F)C(=O)C2.CC1(C)[C@@H]2CC[C@@]1(CS(=O)(=O)Nc1cc(C(F)(F)F)cc(C(F)(F)F)c1-c1c(NS(=O)(=O)C[C@]34CC[C@H](CC3=O)C4(C)C)cc(C(F)(F)F)cc1C(F)(F)F)C(=O)C2. The quantitative estimate of drug-likeness (QED) is 0.0679. The number of Topliss-reactive ketones (excluding diaryl/α,β-unsaturated/α-hetero) is 4. The number of carbonyl (C=O) groups is 4. The fraction of sp³-hybridized carbons (Fsp3) is 0.611. The smallest absolute Gasteiger partial charge is 0.299 e. The van der Waals surface area contributed by atoms with Crippen molar-refractivity contribution in [2.45, 2.75) is 182 Å². The molecule has 0 heterocycles. The van der Waals surface area contributed by atoms with Crippen LogP contribution in [0.15, 0.2) is 48.5 Å². The molecular formula is C72H72F24N4O12S4. The first-order valence-electron chi connectivity index (χ1n) is 35.4. The van der Waals surface area contributed by atoms with Crippen molar-refractivity contribution in [2.24, 2.45) is 67.0 Å². The number of carbonyl (C=O) groups excluding carboxylic acids is 4. The topological polar surface area (TPSA) is 253 Å². The van der Waals surface area contributed by atoms with Crippen LogP contribution in [0, 0.1) is 67.0 Å². The van der Waals surface area contributed by atoms with E-state index in [2.05, 4.69) is 0 Å². The zero-order chi connectivity index (χ0) is 87.7. The Morgan fingerprint density at radius 1 is 0.276 bits per heavy atom. The van der Waals surface area contributed by atoms with Gasteiger partial charge < -0.3 is 0 Å². The third kappa shape index (κ3) is 15.2. The molecule has 8 aliphatic carbocycles. The zero-order valence-electron chi connectivity index (χ0n) is 61.8. The van der Waals surface area contributed by atoms with Crippen LogP contribution < -0.4 is 18.9 Å². The summed E-state index contributed by atoms with van der Waals surface area (Å²) < 4.78 is 467. The minimum absolute atomic E-state index is 0.0712. The predicted octanol–water partition coefficient (Wildman–Crippen LogP) is 19.4. The van der Waals surface area contributed by atoms with Crippen molar-refractivity contribution in [1.82, 2.24) is 0 Å². The molecule has 0 aliphatic heterocycles. The molecule has 116 heavy (non-hydrogen) atoms. The van der Waals surface area contributed by atoms with Crippen molar-refractivity contribution in [3.05, 3.63) is 93.0 Å². The van der Waals surface area contributed by atoms with Crippen LogP contribution >= 0.6 is 0 Å². The number of ketones is 4. The van der Waals surface area contributed by atoms with Crippen molar-refractivity contribution in [3.8, 4) is 22.3 Å². The number of benzene rings is 4. The second kappa shape index (κ2) is 27.2. The first-order valence-corrected chi connectivity index (χ1v) is 42.0. The summed E-state index contributed by atoms with van der Waals surface area (Å²) in [7, 11) is -21.3. The number of anilines is 4. The summed E-state index contributed by atoms with van der Waals surface area (Å²) in [5, 5.41) is 0. The van der Waals surface area contributed by atoms with Crippen LogP contribution in [0.1, 0.15) is 177 Å². The molecule has 644 valence electrons. The van der Waals surface area contributed by atoms with E-state index in [-0.39, 0.29) is 99.3 Å². The molecule has 44 heteroatoms. The summed E-state index contributed by atoms with van der Waals surface area (Å²) in [6, 6.07) is -3.96. The van der Waals surface area contributed by atoms with Gasteiger partial charge in [0, 0.05) is 47.9 Å². The van der Waals surface area contributed by atoms with Crippen LogP contribution in [-0.4, -0.2) is 79.8 Å². The Balaban J connectivity index is 0.000000228. The van der Waals surface area contributed by atoms with E-state index in [0.29, 0.717) is 25.7 Å². The van der Waals surface area contributed by atoms with E-state index in [1.165, 1.54) is 74.3 Å². The molecule has 16 nitrogen and oxygen atoms in total. The summed E-state index contributed by atoms with van der Waals surface area (Å²) in [6.45, 7) is 12.3. The standard InChI is InChI=1S/2C36H36F12N2O6S2/c2*1-29(2)17-5-7-31(29,25(51)13-17)15-57(53,54)49-23-11-19(33(37,38)39)9-21(35(43,44)45)27(23)28-22(36(46,47)48)10-20(34(40,41)42)12-24(28)50-58(55,56)16-32-8-6-18(14-26(32)52)30(32,3)4/h2*9-12,17-18,49-50H,5-8,13-16H2,1-4H3/t2*17-,18-,31-,32-/m11/s1. The van der Waals surface area contributed by atoms with Gasteiger partial charge in [-0.1, -0.05) is 55.4 Å². The lowest BCUT2D eigenvalue weighted by atomic mass is 9.70. The van der Waals surface area contributed by atoms with E-state index in [1.807, 2.05) is 0 Å². The molecule has 4 aromatic rings. The molecule has 8 fully saturated rings. The molecule has 0 saturated heterocycles. The fourth-order valence-electron chi connectivity index (χ4n) is 20.1. The molecule has 8 saturated carbocycles. The Bertz CT molecular complexity index is 4630. The number of sulfonamides is 4. The molecule has 12 rings (SSSR count). The number of hydrogen-bond donors (Lipinski definition) is 4. The number of alkyl halides is 24. The Hall–Kier alpha value is -7.12. The van der Waals surface area contributed by atoms with Crippen molar-refractivity contribution in [3.63, 3.8) is 0 Å². The molecule has 0 radical (unpaired) electrons. The highest BCUT2D eigenvalue weighted by atomic mass is 32.2. The van der Waals surface area contributed by atoms with E-state index in [9.17, 15) is 158 Å². The third-order valence-corrected chi connectivity index (χ3v) is 32.6. The summed E-state index contributed by atoms with van der Waals surface area (Å²) in [5.74, 6) is -8.75. The van der Waals surface area contributed by atoms with Gasteiger partial charge in [0.25, 0.3) is 0 Å². The molecule has 0 amide bonds. The maximum atomic E-state index is 15.0. The van der Waals surface area contributed by atoms with Gasteiger partial charge in [0.2, 0.25) is 40.1 Å². The monoisotopic (exact) mass is 1770 g/mol. The van der Waals surface area contributed by atoms with E-state index in [1.54, 1.807) is 0 Å². The zero-order valence-corrected chi connectivity index (χ0v) is 65.1. The third-order valence-electron chi connectivity index (χ3n) is 26.9. The maximum Gasteiger partial charge on any atom is 0.417 e. The molecule has 4 aromatic carbocycles. The Morgan fingerprint density at radius 2 is 0.431 bits per heavy atom. The Morgan fingerprint density at radius 3 is 0.543 bits per heavy atom. The first-order chi connectivity index (χ1) is 52.0. The number of fused-ring (bicyclic) bond motifs is 8. The van der Waals surface area contributed by atoms with E-state index >= 15 is 0 Å². The van der Waals surface area contributed by atoms with Crippen LogP contribution in [0.2, 0.25) is 0 Å². The van der Waals surface area contributed by atoms with Crippen LogP contribution in [0.25, 0.3) is 22.3 Å². The van der Waals surface area contributed by atoms with Crippen molar-refractivity contribution < 1.29 is 158 Å². The van der Waals surface area contributed by atoms with Crippen LogP contribution in [-0.2, 0) is 109 Å². The highest BCUT2D eigenvalue weighted by molar-refractivity contribution is 7.93. The highest BCUT2D eigenvalue weighted by Gasteiger charge is 2.70. The van der Waals surface area contributed by atoms with Crippen LogP contribution in [0.3, 0.4) is 0 Å². The Kier molecular flexibility index (Phi) is 21.0. The number of halogens is 24. The van der Waals surface area contributed by atoms with Crippen molar-refractivity contribution in [1.29, 1.82) is 0 Å². The van der Waals surface area contributed by atoms with Gasteiger partial charge in [-0.25, -0.2) is 33.7 Å². The molecule has 8 atom stereocenters. The summed E-state index contributed by atoms with van der Waals surface area (Å²) in [6.07, 6.45) is -46.9. The average molecular weight is 1770 g/mol. The van der Waals surface area contributed by atoms with Gasteiger partial charge in [0.15, 0.2) is 0 Å². The first kappa shape index (κ1) is 89.7. The summed E-state index contributed by atoms with van der Waals surface area (Å²) >= 11 is 0. The molecular weight excluding hydrogens is 1700 g/mol. The lowest BCUT2D eigenvalue weighted by Crippen LogP contribution is -2.43. The molecule has 0 unspecified atom stereocenters. The van der Waals surface area contributed by atoms with Gasteiger partial charge >= 0.3 is 49.4 Å². The number of hydrogen-bond acceptors (Lipinski definition) is 12. The molecule has 8 bridgehead atoms. The van der Waals surface area contributed by atoms with Gasteiger partial charge in [0.05, 0.1) is 112 Å². The molecule has 0 spiro atoms. The van der Waals surface area contributed by atoms with Gasteiger partial charge in [-0.3, -0.25) is 38.1 Å². The van der Waals surface area contributed by atoms with Crippen LogP contribution in [0.5, 0.6) is 0 Å².